The van der Waals surface area contributed by atoms with Crippen LogP contribution in [0.2, 0.25) is 0 Å². The number of aryl methyl sites for hydroxylation is 4. The lowest BCUT2D eigenvalue weighted by Gasteiger charge is -2.15. The van der Waals surface area contributed by atoms with Crippen LogP contribution in [0.3, 0.4) is 0 Å². The van der Waals surface area contributed by atoms with Gasteiger partial charge >= 0.3 is 6.03 Å². The number of nitrogens with one attached hydrogen (secondary N) is 1. The minimum atomic E-state index is -0.210. The van der Waals surface area contributed by atoms with Gasteiger partial charge < -0.3 is 5.32 Å². The van der Waals surface area contributed by atoms with Crippen molar-refractivity contribution in [2.24, 2.45) is 7.05 Å². The zero-order valence-corrected chi connectivity index (χ0v) is 18.8. The summed E-state index contributed by atoms with van der Waals surface area (Å²) in [5.74, 6) is 0. The molecule has 3 aromatic heterocycles. The zero-order chi connectivity index (χ0) is 22.7. The normalized spacial score (nSPS) is 15.3. The Morgan fingerprint density at radius 3 is 2.76 bits per heavy atom. The number of rotatable bonds is 2. The quantitative estimate of drug-likeness (QED) is 0.429. The van der Waals surface area contributed by atoms with Gasteiger partial charge in [-0.05, 0) is 49.4 Å². The number of carbonyl (C=O) groups excluding carboxylic acids is 1. The molecule has 3 heterocycles. The first-order valence-corrected chi connectivity index (χ1v) is 11.2. The zero-order valence-electron chi connectivity index (χ0n) is 18.8. The van der Waals surface area contributed by atoms with E-state index in [0.717, 1.165) is 57.2 Å². The van der Waals surface area contributed by atoms with Crippen LogP contribution in [-0.2, 0) is 13.5 Å². The molecule has 0 unspecified atom stereocenters. The second kappa shape index (κ2) is 7.27. The van der Waals surface area contributed by atoms with Crippen molar-refractivity contribution in [2.45, 2.75) is 32.7 Å². The number of amides is 1. The van der Waals surface area contributed by atoms with Crippen molar-refractivity contribution in [2.75, 3.05) is 0 Å². The van der Waals surface area contributed by atoms with E-state index in [1.165, 1.54) is 15.8 Å². The highest BCUT2D eigenvalue weighted by Gasteiger charge is 2.27. The lowest BCUT2D eigenvalue weighted by atomic mass is 10.0. The van der Waals surface area contributed by atoms with Crippen molar-refractivity contribution < 1.29 is 4.79 Å². The average Bonchev–Trinajstić information content (AvgIpc) is 3.51. The largest absolute Gasteiger partial charge is 0.343 e. The monoisotopic (exact) mass is 436 g/mol. The van der Waals surface area contributed by atoms with Gasteiger partial charge in [-0.1, -0.05) is 36.4 Å². The standard InChI is InChI=1S/C26H24N6O/c1-15-24-16(2)30-32(25(24)21-6-4-5-7-22(21)28-15)26(33)29-23-11-9-18-12-17(8-10-20(18)23)19-13-27-31(3)14-19/h4-8,10,12-14,23H,9,11H2,1-3H3,(H,29,33)/t23-/m1/s1. The van der Waals surface area contributed by atoms with Crippen molar-refractivity contribution in [1.29, 1.82) is 0 Å². The summed E-state index contributed by atoms with van der Waals surface area (Å²) in [7, 11) is 1.92. The third kappa shape index (κ3) is 3.11. The van der Waals surface area contributed by atoms with Crippen LogP contribution in [0.4, 0.5) is 4.79 Å². The summed E-state index contributed by atoms with van der Waals surface area (Å²) in [4.78, 5) is 18.2. The fourth-order valence-corrected chi connectivity index (χ4v) is 5.09. The third-order valence-corrected chi connectivity index (χ3v) is 6.62. The van der Waals surface area contributed by atoms with Crippen LogP contribution in [0.1, 0.15) is 35.0 Å². The van der Waals surface area contributed by atoms with Gasteiger partial charge in [0.25, 0.3) is 0 Å². The molecule has 0 aliphatic heterocycles. The maximum Gasteiger partial charge on any atom is 0.343 e. The number of aromatic nitrogens is 5. The topological polar surface area (TPSA) is 77.6 Å². The molecule has 7 nitrogen and oxygen atoms in total. The Balaban J connectivity index is 1.35. The maximum absolute atomic E-state index is 13.4. The number of nitrogens with zero attached hydrogens (tertiary/aromatic N) is 5. The molecule has 5 aromatic rings. The number of hydrogen-bond acceptors (Lipinski definition) is 4. The molecular formula is C26H24N6O. The van der Waals surface area contributed by atoms with Crippen LogP contribution in [0.25, 0.3) is 32.9 Å². The Morgan fingerprint density at radius 1 is 1.09 bits per heavy atom. The fourth-order valence-electron chi connectivity index (χ4n) is 5.09. The van der Waals surface area contributed by atoms with E-state index in [9.17, 15) is 4.79 Å². The first-order chi connectivity index (χ1) is 16.0. The number of carbonyl (C=O) groups is 1. The van der Waals surface area contributed by atoms with Crippen molar-refractivity contribution >= 4 is 27.8 Å². The van der Waals surface area contributed by atoms with E-state index < -0.39 is 0 Å². The summed E-state index contributed by atoms with van der Waals surface area (Å²) < 4.78 is 3.33. The molecule has 0 fully saturated rings. The summed E-state index contributed by atoms with van der Waals surface area (Å²) in [6.07, 6.45) is 5.70. The van der Waals surface area contributed by atoms with E-state index in [1.807, 2.05) is 62.2 Å². The molecule has 1 aliphatic rings. The lowest BCUT2D eigenvalue weighted by Crippen LogP contribution is -2.32. The van der Waals surface area contributed by atoms with Crippen LogP contribution in [-0.4, -0.2) is 30.6 Å². The van der Waals surface area contributed by atoms with E-state index in [1.54, 1.807) is 0 Å². The van der Waals surface area contributed by atoms with Gasteiger partial charge in [0.15, 0.2) is 0 Å². The molecule has 6 rings (SSSR count). The first kappa shape index (κ1) is 19.7. The molecule has 2 aromatic carbocycles. The van der Waals surface area contributed by atoms with Crippen LogP contribution in [0.5, 0.6) is 0 Å². The van der Waals surface area contributed by atoms with Crippen molar-refractivity contribution in [3.05, 3.63) is 77.4 Å². The molecule has 0 spiro atoms. The van der Waals surface area contributed by atoms with E-state index in [-0.39, 0.29) is 12.1 Å². The van der Waals surface area contributed by atoms with E-state index in [2.05, 4.69) is 33.7 Å². The van der Waals surface area contributed by atoms with Gasteiger partial charge in [-0.25, -0.2) is 4.79 Å². The molecule has 0 saturated heterocycles. The van der Waals surface area contributed by atoms with Gasteiger partial charge in [0, 0.05) is 35.3 Å². The summed E-state index contributed by atoms with van der Waals surface area (Å²) in [5.41, 5.74) is 8.07. The second-order valence-electron chi connectivity index (χ2n) is 8.79. The van der Waals surface area contributed by atoms with Gasteiger partial charge in [0.1, 0.15) is 0 Å². The van der Waals surface area contributed by atoms with Gasteiger partial charge in [0.2, 0.25) is 0 Å². The summed E-state index contributed by atoms with van der Waals surface area (Å²) in [6, 6.07) is 14.1. The molecule has 0 radical (unpaired) electrons. The van der Waals surface area contributed by atoms with Crippen molar-refractivity contribution in [3.63, 3.8) is 0 Å². The Morgan fingerprint density at radius 2 is 1.94 bits per heavy atom. The molecule has 1 amide bonds. The number of fused-ring (bicyclic) bond motifs is 4. The van der Waals surface area contributed by atoms with E-state index >= 15 is 0 Å². The molecular weight excluding hydrogens is 412 g/mol. The van der Waals surface area contributed by atoms with Crippen molar-refractivity contribution in [1.82, 2.24) is 29.9 Å². The number of hydrogen-bond donors (Lipinski definition) is 1. The Labute approximate surface area is 191 Å². The Bertz CT molecular complexity index is 1560. The molecule has 164 valence electrons. The maximum atomic E-state index is 13.4. The second-order valence-corrected chi connectivity index (χ2v) is 8.79. The molecule has 1 N–H and O–H groups in total. The molecule has 0 saturated carbocycles. The fraction of sp³-hybridized carbons (Fsp3) is 0.231. The predicted molar refractivity (Wildman–Crippen MR) is 128 cm³/mol. The summed E-state index contributed by atoms with van der Waals surface area (Å²) in [6.45, 7) is 3.90. The lowest BCUT2D eigenvalue weighted by molar-refractivity contribution is 0.236. The summed E-state index contributed by atoms with van der Waals surface area (Å²) >= 11 is 0. The minimum Gasteiger partial charge on any atom is -0.329 e. The van der Waals surface area contributed by atoms with Crippen LogP contribution >= 0.6 is 0 Å². The SMILES string of the molecule is Cc1nc2ccccc2c2c1c(C)nn2C(=O)N[C@@H]1CCc2cc(-c3cnn(C)c3)ccc21. The van der Waals surface area contributed by atoms with Gasteiger partial charge in [-0.15, -0.1) is 0 Å². The van der Waals surface area contributed by atoms with E-state index in [4.69, 9.17) is 4.98 Å². The Hall–Kier alpha value is -4.00. The van der Waals surface area contributed by atoms with Crippen molar-refractivity contribution in [3.8, 4) is 11.1 Å². The van der Waals surface area contributed by atoms with Gasteiger partial charge in [0.05, 0.1) is 29.0 Å². The van der Waals surface area contributed by atoms with E-state index in [0.29, 0.717) is 0 Å². The number of benzene rings is 2. The van der Waals surface area contributed by atoms with Crippen LogP contribution in [0.15, 0.2) is 54.9 Å². The third-order valence-electron chi connectivity index (χ3n) is 6.62. The number of para-hydroxylation sites is 1. The minimum absolute atomic E-state index is 0.0378. The molecule has 1 atom stereocenters. The highest BCUT2D eigenvalue weighted by atomic mass is 16.2. The molecule has 0 bridgehead atoms. The average molecular weight is 437 g/mol. The number of pyridine rings is 1. The predicted octanol–water partition coefficient (Wildman–Crippen LogP) is 4.85. The summed E-state index contributed by atoms with van der Waals surface area (Å²) in [5, 5.41) is 14.0. The molecule has 7 heteroatoms. The highest BCUT2D eigenvalue weighted by molar-refractivity contribution is 6.08. The highest BCUT2D eigenvalue weighted by Crippen LogP contribution is 2.35. The van der Waals surface area contributed by atoms with Gasteiger partial charge in [-0.2, -0.15) is 14.9 Å². The first-order valence-electron chi connectivity index (χ1n) is 11.2. The molecule has 33 heavy (non-hydrogen) atoms. The van der Waals surface area contributed by atoms with Crippen LogP contribution < -0.4 is 5.32 Å². The van der Waals surface area contributed by atoms with Crippen LogP contribution in [0, 0.1) is 13.8 Å². The molecule has 1 aliphatic carbocycles. The Kier molecular flexibility index (Phi) is 4.33. The van der Waals surface area contributed by atoms with Gasteiger partial charge in [-0.3, -0.25) is 9.67 Å². The smallest absolute Gasteiger partial charge is 0.329 e.